The quantitative estimate of drug-likeness (QED) is 0.829. The van der Waals surface area contributed by atoms with Gasteiger partial charge in [0.25, 0.3) is 0 Å². The number of nitrogens with zero attached hydrogens (tertiary/aromatic N) is 1. The minimum atomic E-state index is 0.329. The molecule has 0 aromatic rings. The molecule has 0 aromatic carbocycles. The predicted octanol–water partition coefficient (Wildman–Crippen LogP) is 3.55. The molecule has 106 valence electrons. The Balaban J connectivity index is 2.19. The van der Waals surface area contributed by atoms with Crippen molar-refractivity contribution >= 4 is 0 Å². The van der Waals surface area contributed by atoms with E-state index in [1.807, 2.05) is 0 Å². The topological polar surface area (TPSA) is 29.3 Å². The normalized spacial score (nSPS) is 42.3. The van der Waals surface area contributed by atoms with Crippen molar-refractivity contribution in [1.82, 2.24) is 4.90 Å². The monoisotopic (exact) mass is 252 g/mol. The maximum absolute atomic E-state index is 6.27. The van der Waals surface area contributed by atoms with E-state index in [2.05, 4.69) is 25.7 Å². The van der Waals surface area contributed by atoms with E-state index in [0.29, 0.717) is 5.54 Å². The van der Waals surface area contributed by atoms with Crippen molar-refractivity contribution in [2.75, 3.05) is 6.54 Å². The van der Waals surface area contributed by atoms with E-state index in [0.717, 1.165) is 24.5 Å². The maximum Gasteiger partial charge on any atom is 0.0340 e. The van der Waals surface area contributed by atoms with Crippen LogP contribution in [0.2, 0.25) is 0 Å². The average molecular weight is 252 g/mol. The molecule has 2 N–H and O–H groups in total. The highest BCUT2D eigenvalue weighted by atomic mass is 15.3. The van der Waals surface area contributed by atoms with Gasteiger partial charge < -0.3 is 5.73 Å². The molecule has 1 aliphatic heterocycles. The van der Waals surface area contributed by atoms with Crippen LogP contribution in [0.4, 0.5) is 0 Å². The first-order valence-electron chi connectivity index (χ1n) is 8.15. The number of hydrogen-bond acceptors (Lipinski definition) is 2. The summed E-state index contributed by atoms with van der Waals surface area (Å²) >= 11 is 0. The Labute approximate surface area is 113 Å². The molecule has 4 unspecified atom stereocenters. The van der Waals surface area contributed by atoms with Gasteiger partial charge in [0.15, 0.2) is 0 Å². The lowest BCUT2D eigenvalue weighted by molar-refractivity contribution is -0.000573. The third-order valence-corrected chi connectivity index (χ3v) is 5.69. The highest BCUT2D eigenvalue weighted by molar-refractivity contribution is 5.03. The van der Waals surface area contributed by atoms with E-state index in [1.54, 1.807) is 0 Å². The zero-order chi connectivity index (χ0) is 13.2. The largest absolute Gasteiger partial charge is 0.329 e. The van der Waals surface area contributed by atoms with Gasteiger partial charge in [-0.2, -0.15) is 0 Å². The van der Waals surface area contributed by atoms with Crippen molar-refractivity contribution in [2.24, 2.45) is 11.7 Å². The van der Waals surface area contributed by atoms with E-state index >= 15 is 0 Å². The zero-order valence-corrected chi connectivity index (χ0v) is 12.6. The van der Waals surface area contributed by atoms with Gasteiger partial charge in [-0.3, -0.25) is 4.90 Å². The first-order chi connectivity index (χ1) is 8.66. The van der Waals surface area contributed by atoms with Gasteiger partial charge in [0, 0.05) is 24.2 Å². The van der Waals surface area contributed by atoms with Crippen LogP contribution in [0.5, 0.6) is 0 Å². The summed E-state index contributed by atoms with van der Waals surface area (Å²) in [6.07, 6.45) is 10.9. The Morgan fingerprint density at radius 2 is 1.94 bits per heavy atom. The standard InChI is InChI=1S/C16H32N2/c1-4-14-7-6-10-16(11-14,12-17)18-13(3)8-9-15(18)5-2/h13-15H,4-12,17H2,1-3H3. The SMILES string of the molecule is CCC1CCCC(CN)(N2C(C)CCC2CC)C1. The molecule has 2 rings (SSSR count). The fourth-order valence-corrected chi connectivity index (χ4v) is 4.66. The molecule has 1 heterocycles. The van der Waals surface area contributed by atoms with Crippen molar-refractivity contribution in [3.63, 3.8) is 0 Å². The molecular formula is C16H32N2. The van der Waals surface area contributed by atoms with Crippen molar-refractivity contribution in [3.05, 3.63) is 0 Å². The molecule has 1 saturated carbocycles. The summed E-state index contributed by atoms with van der Waals surface area (Å²) in [4.78, 5) is 2.84. The lowest BCUT2D eigenvalue weighted by atomic mass is 9.73. The fourth-order valence-electron chi connectivity index (χ4n) is 4.66. The van der Waals surface area contributed by atoms with E-state index in [-0.39, 0.29) is 0 Å². The van der Waals surface area contributed by atoms with Crippen molar-refractivity contribution < 1.29 is 0 Å². The van der Waals surface area contributed by atoms with Gasteiger partial charge >= 0.3 is 0 Å². The van der Waals surface area contributed by atoms with Crippen molar-refractivity contribution in [1.29, 1.82) is 0 Å². The molecule has 1 aliphatic carbocycles. The lowest BCUT2D eigenvalue weighted by Gasteiger charge is -2.51. The molecule has 0 bridgehead atoms. The lowest BCUT2D eigenvalue weighted by Crippen LogP contribution is -2.59. The number of nitrogens with two attached hydrogens (primary N) is 1. The van der Waals surface area contributed by atoms with E-state index < -0.39 is 0 Å². The van der Waals surface area contributed by atoms with Crippen LogP contribution in [-0.2, 0) is 0 Å². The molecule has 2 nitrogen and oxygen atoms in total. The molecule has 2 aliphatic rings. The first kappa shape index (κ1) is 14.3. The molecule has 1 saturated heterocycles. The summed E-state index contributed by atoms with van der Waals surface area (Å²) in [5.41, 5.74) is 6.60. The van der Waals surface area contributed by atoms with E-state index in [4.69, 9.17) is 5.73 Å². The number of rotatable bonds is 4. The van der Waals surface area contributed by atoms with Gasteiger partial charge in [-0.25, -0.2) is 0 Å². The van der Waals surface area contributed by atoms with Gasteiger partial charge in [-0.15, -0.1) is 0 Å². The van der Waals surface area contributed by atoms with Crippen molar-refractivity contribution in [3.8, 4) is 0 Å². The molecule has 0 aromatic heterocycles. The second-order valence-corrected chi connectivity index (χ2v) is 6.69. The second-order valence-electron chi connectivity index (χ2n) is 6.69. The molecular weight excluding hydrogens is 220 g/mol. The average Bonchev–Trinajstić information content (AvgIpc) is 2.80. The van der Waals surface area contributed by atoms with E-state index in [9.17, 15) is 0 Å². The number of likely N-dealkylation sites (tertiary alicyclic amines) is 1. The number of hydrogen-bond donors (Lipinski definition) is 1. The Kier molecular flexibility index (Phi) is 4.71. The molecule has 0 spiro atoms. The van der Waals surface area contributed by atoms with Gasteiger partial charge in [0.05, 0.1) is 0 Å². The van der Waals surface area contributed by atoms with Gasteiger partial charge in [-0.05, 0) is 44.9 Å². The smallest absolute Gasteiger partial charge is 0.0340 e. The third-order valence-electron chi connectivity index (χ3n) is 5.69. The second kappa shape index (κ2) is 5.92. The first-order valence-corrected chi connectivity index (χ1v) is 8.15. The minimum Gasteiger partial charge on any atom is -0.329 e. The maximum atomic E-state index is 6.27. The van der Waals surface area contributed by atoms with Gasteiger partial charge in [0.2, 0.25) is 0 Å². The van der Waals surface area contributed by atoms with Crippen molar-refractivity contribution in [2.45, 2.75) is 89.8 Å². The summed E-state index contributed by atoms with van der Waals surface area (Å²) in [5, 5.41) is 0. The fraction of sp³-hybridized carbons (Fsp3) is 1.00. The predicted molar refractivity (Wildman–Crippen MR) is 78.6 cm³/mol. The molecule has 2 heteroatoms. The summed E-state index contributed by atoms with van der Waals surface area (Å²) in [6.45, 7) is 7.98. The van der Waals surface area contributed by atoms with Crippen LogP contribution in [0.1, 0.15) is 72.1 Å². The molecule has 0 radical (unpaired) electrons. The Morgan fingerprint density at radius 1 is 1.17 bits per heavy atom. The van der Waals surface area contributed by atoms with E-state index in [1.165, 1.54) is 51.4 Å². The van der Waals surface area contributed by atoms with Crippen LogP contribution < -0.4 is 5.73 Å². The summed E-state index contributed by atoms with van der Waals surface area (Å²) in [7, 11) is 0. The molecule has 0 amide bonds. The van der Waals surface area contributed by atoms with Crippen LogP contribution >= 0.6 is 0 Å². The van der Waals surface area contributed by atoms with Gasteiger partial charge in [0.1, 0.15) is 0 Å². The van der Waals surface area contributed by atoms with Gasteiger partial charge in [-0.1, -0.05) is 33.1 Å². The highest BCUT2D eigenvalue weighted by Crippen LogP contribution is 2.43. The molecule has 2 fully saturated rings. The third kappa shape index (κ3) is 2.46. The summed E-state index contributed by atoms with van der Waals surface area (Å²) in [6, 6.07) is 1.54. The Hall–Kier alpha value is -0.0800. The summed E-state index contributed by atoms with van der Waals surface area (Å²) < 4.78 is 0. The Morgan fingerprint density at radius 3 is 2.56 bits per heavy atom. The van der Waals surface area contributed by atoms with Crippen LogP contribution in [0.3, 0.4) is 0 Å². The van der Waals surface area contributed by atoms with Crippen LogP contribution in [0, 0.1) is 5.92 Å². The van der Waals surface area contributed by atoms with Crippen LogP contribution in [0.15, 0.2) is 0 Å². The molecule has 4 atom stereocenters. The minimum absolute atomic E-state index is 0.329. The zero-order valence-electron chi connectivity index (χ0n) is 12.6. The summed E-state index contributed by atoms with van der Waals surface area (Å²) in [5.74, 6) is 0.910. The molecule has 18 heavy (non-hydrogen) atoms. The highest BCUT2D eigenvalue weighted by Gasteiger charge is 2.46. The van der Waals surface area contributed by atoms with Crippen LogP contribution in [0.25, 0.3) is 0 Å². The Bertz CT molecular complexity index is 266. The van der Waals surface area contributed by atoms with Crippen LogP contribution in [-0.4, -0.2) is 29.1 Å².